The van der Waals surface area contributed by atoms with Crippen LogP contribution in [0.15, 0.2) is 48.8 Å². The van der Waals surface area contributed by atoms with Gasteiger partial charge in [0.05, 0.1) is 6.42 Å². The molecule has 3 heterocycles. The molecule has 0 fully saturated rings. The Morgan fingerprint density at radius 2 is 2.19 bits per heavy atom. The molecular formula is C20H17ClFN3O. The number of carbonyl (C=O) groups is 1. The average Bonchev–Trinajstić information content (AvgIpc) is 3.09. The first kappa shape index (κ1) is 16.8. The zero-order valence-electron chi connectivity index (χ0n) is 14.0. The second-order valence-corrected chi connectivity index (χ2v) is 6.71. The predicted molar refractivity (Wildman–Crippen MR) is 100 cm³/mol. The summed E-state index contributed by atoms with van der Waals surface area (Å²) in [5.41, 5.74) is 3.43. The molecule has 2 aromatic heterocycles. The summed E-state index contributed by atoms with van der Waals surface area (Å²) in [6.45, 7) is 1.11. The number of rotatable bonds is 3. The van der Waals surface area contributed by atoms with E-state index < -0.39 is 5.82 Å². The normalized spacial score (nSPS) is 14.5. The number of nitrogens with zero attached hydrogens (tertiary/aromatic N) is 2. The Balaban J connectivity index is 1.50. The SMILES string of the molecule is O=C(Cc1c(F)cccc1Cl)N1CC=C(c2c[nH]c3ncccc23)CC1. The second kappa shape index (κ2) is 6.92. The van der Waals surface area contributed by atoms with Crippen LogP contribution in [0.4, 0.5) is 4.39 Å². The summed E-state index contributed by atoms with van der Waals surface area (Å²) in [5, 5.41) is 1.37. The third-order valence-corrected chi connectivity index (χ3v) is 5.10. The van der Waals surface area contributed by atoms with Crippen LogP contribution >= 0.6 is 11.6 Å². The Hall–Kier alpha value is -2.66. The van der Waals surface area contributed by atoms with Gasteiger partial charge in [-0.1, -0.05) is 23.7 Å². The number of aromatic amines is 1. The quantitative estimate of drug-likeness (QED) is 0.751. The number of aromatic nitrogens is 2. The van der Waals surface area contributed by atoms with Crippen LogP contribution in [-0.4, -0.2) is 33.9 Å². The molecular weight excluding hydrogens is 353 g/mol. The lowest BCUT2D eigenvalue weighted by Crippen LogP contribution is -2.35. The highest BCUT2D eigenvalue weighted by atomic mass is 35.5. The number of amides is 1. The molecule has 0 unspecified atom stereocenters. The number of halogens is 2. The summed E-state index contributed by atoms with van der Waals surface area (Å²) < 4.78 is 13.9. The van der Waals surface area contributed by atoms with Crippen molar-refractivity contribution in [2.75, 3.05) is 13.1 Å². The first-order chi connectivity index (χ1) is 12.6. The summed E-state index contributed by atoms with van der Waals surface area (Å²) in [7, 11) is 0. The number of fused-ring (bicyclic) bond motifs is 1. The Kier molecular flexibility index (Phi) is 4.47. The van der Waals surface area contributed by atoms with Crippen LogP contribution in [0.25, 0.3) is 16.6 Å². The van der Waals surface area contributed by atoms with Gasteiger partial charge in [0.25, 0.3) is 0 Å². The first-order valence-electron chi connectivity index (χ1n) is 8.45. The Morgan fingerprint density at radius 3 is 2.96 bits per heavy atom. The van der Waals surface area contributed by atoms with Gasteiger partial charge in [-0.3, -0.25) is 4.79 Å². The molecule has 0 spiro atoms. The molecule has 4 nitrogen and oxygen atoms in total. The highest BCUT2D eigenvalue weighted by Gasteiger charge is 2.21. The van der Waals surface area contributed by atoms with Crippen molar-refractivity contribution in [3.63, 3.8) is 0 Å². The predicted octanol–water partition coefficient (Wildman–Crippen LogP) is 4.21. The summed E-state index contributed by atoms with van der Waals surface area (Å²) in [4.78, 5) is 21.8. The Morgan fingerprint density at radius 1 is 1.31 bits per heavy atom. The van der Waals surface area contributed by atoms with Gasteiger partial charge in [-0.05, 0) is 36.3 Å². The van der Waals surface area contributed by atoms with Gasteiger partial charge < -0.3 is 9.88 Å². The minimum Gasteiger partial charge on any atom is -0.346 e. The molecule has 0 saturated carbocycles. The van der Waals surface area contributed by atoms with Crippen LogP contribution in [0.3, 0.4) is 0 Å². The Labute approximate surface area is 155 Å². The number of nitrogens with one attached hydrogen (secondary N) is 1. The lowest BCUT2D eigenvalue weighted by Gasteiger charge is -2.26. The maximum absolute atomic E-state index is 13.9. The minimum absolute atomic E-state index is 0.0221. The van der Waals surface area contributed by atoms with E-state index in [1.165, 1.54) is 17.7 Å². The van der Waals surface area contributed by atoms with Crippen molar-refractivity contribution in [3.05, 3.63) is 70.8 Å². The fourth-order valence-electron chi connectivity index (χ4n) is 3.33. The fourth-order valence-corrected chi connectivity index (χ4v) is 3.56. The molecule has 0 aliphatic carbocycles. The molecule has 1 aromatic carbocycles. The van der Waals surface area contributed by atoms with E-state index in [1.807, 2.05) is 18.3 Å². The van der Waals surface area contributed by atoms with Crippen molar-refractivity contribution in [1.82, 2.24) is 14.9 Å². The van der Waals surface area contributed by atoms with Crippen molar-refractivity contribution < 1.29 is 9.18 Å². The molecule has 1 aliphatic heterocycles. The highest BCUT2D eigenvalue weighted by molar-refractivity contribution is 6.31. The van der Waals surface area contributed by atoms with E-state index >= 15 is 0 Å². The number of carbonyl (C=O) groups excluding carboxylic acids is 1. The average molecular weight is 370 g/mol. The van der Waals surface area contributed by atoms with Gasteiger partial charge in [0.1, 0.15) is 11.5 Å². The summed E-state index contributed by atoms with van der Waals surface area (Å²) in [6, 6.07) is 8.42. The molecule has 0 atom stereocenters. The minimum atomic E-state index is -0.439. The van der Waals surface area contributed by atoms with E-state index in [1.54, 1.807) is 17.2 Å². The molecule has 0 saturated heterocycles. The second-order valence-electron chi connectivity index (χ2n) is 6.30. The van der Waals surface area contributed by atoms with Crippen LogP contribution in [0.2, 0.25) is 5.02 Å². The first-order valence-corrected chi connectivity index (χ1v) is 8.83. The topological polar surface area (TPSA) is 49.0 Å². The Bertz CT molecular complexity index is 991. The van der Waals surface area contributed by atoms with Crippen molar-refractivity contribution in [1.29, 1.82) is 0 Å². The third kappa shape index (κ3) is 3.10. The number of hydrogen-bond donors (Lipinski definition) is 1. The number of pyridine rings is 1. The molecule has 4 rings (SSSR count). The largest absolute Gasteiger partial charge is 0.346 e. The maximum atomic E-state index is 13.9. The van der Waals surface area contributed by atoms with Crippen molar-refractivity contribution in [3.8, 4) is 0 Å². The van der Waals surface area contributed by atoms with Crippen molar-refractivity contribution >= 4 is 34.1 Å². The van der Waals surface area contributed by atoms with Gasteiger partial charge in [-0.15, -0.1) is 0 Å². The van der Waals surface area contributed by atoms with Gasteiger partial charge in [0.15, 0.2) is 0 Å². The van der Waals surface area contributed by atoms with Crippen LogP contribution in [0, 0.1) is 5.82 Å². The summed E-state index contributed by atoms with van der Waals surface area (Å²) >= 11 is 6.03. The van der Waals surface area contributed by atoms with E-state index in [-0.39, 0.29) is 22.9 Å². The molecule has 132 valence electrons. The lowest BCUT2D eigenvalue weighted by molar-refractivity contribution is -0.130. The summed E-state index contributed by atoms with van der Waals surface area (Å²) in [6.07, 6.45) is 6.50. The van der Waals surface area contributed by atoms with Crippen LogP contribution in [-0.2, 0) is 11.2 Å². The smallest absolute Gasteiger partial charge is 0.227 e. The highest BCUT2D eigenvalue weighted by Crippen LogP contribution is 2.29. The fraction of sp³-hybridized carbons (Fsp3) is 0.200. The van der Waals surface area contributed by atoms with E-state index in [4.69, 9.17) is 11.6 Å². The standard InChI is InChI=1S/C20H17ClFN3O/c21-17-4-1-5-18(22)15(17)11-19(26)25-9-6-13(7-10-25)16-12-24-20-14(16)3-2-8-23-20/h1-6,8,12H,7,9-11H2,(H,23,24). The van der Waals surface area contributed by atoms with Gasteiger partial charge in [0.2, 0.25) is 5.91 Å². The third-order valence-electron chi connectivity index (χ3n) is 4.75. The van der Waals surface area contributed by atoms with Gasteiger partial charge in [-0.25, -0.2) is 9.37 Å². The van der Waals surface area contributed by atoms with E-state index in [2.05, 4.69) is 16.0 Å². The number of H-pyrrole nitrogens is 1. The number of benzene rings is 1. The monoisotopic (exact) mass is 369 g/mol. The molecule has 1 N–H and O–H groups in total. The molecule has 1 aliphatic rings. The molecule has 1 amide bonds. The zero-order valence-corrected chi connectivity index (χ0v) is 14.8. The van der Waals surface area contributed by atoms with Crippen molar-refractivity contribution in [2.45, 2.75) is 12.8 Å². The van der Waals surface area contributed by atoms with Crippen molar-refractivity contribution in [2.24, 2.45) is 0 Å². The van der Waals surface area contributed by atoms with Crippen LogP contribution in [0.1, 0.15) is 17.5 Å². The zero-order chi connectivity index (χ0) is 18.1. The van der Waals surface area contributed by atoms with Crippen LogP contribution in [0.5, 0.6) is 0 Å². The number of hydrogen-bond acceptors (Lipinski definition) is 2. The molecule has 0 bridgehead atoms. The lowest BCUT2D eigenvalue weighted by atomic mass is 9.99. The van der Waals surface area contributed by atoms with Gasteiger partial charge in [-0.2, -0.15) is 0 Å². The van der Waals surface area contributed by atoms with Gasteiger partial charge in [0, 0.05) is 47.0 Å². The van der Waals surface area contributed by atoms with E-state index in [0.717, 1.165) is 23.0 Å². The van der Waals surface area contributed by atoms with Gasteiger partial charge >= 0.3 is 0 Å². The molecule has 26 heavy (non-hydrogen) atoms. The molecule has 6 heteroatoms. The van der Waals surface area contributed by atoms with E-state index in [9.17, 15) is 9.18 Å². The van der Waals surface area contributed by atoms with E-state index in [0.29, 0.717) is 13.1 Å². The van der Waals surface area contributed by atoms with Crippen LogP contribution < -0.4 is 0 Å². The maximum Gasteiger partial charge on any atom is 0.227 e. The summed E-state index contributed by atoms with van der Waals surface area (Å²) in [5.74, 6) is -0.557. The molecule has 3 aromatic rings. The molecule has 0 radical (unpaired) electrons.